The SMILES string of the molecule is NCCCOC(=O)C(S)S. The Kier molecular flexibility index (Phi) is 5.96. The largest absolute Gasteiger partial charge is 0.464 e. The van der Waals surface area contributed by atoms with Crippen LogP contribution in [0, 0.1) is 0 Å². The van der Waals surface area contributed by atoms with E-state index in [1.807, 2.05) is 0 Å². The van der Waals surface area contributed by atoms with Crippen LogP contribution in [-0.2, 0) is 9.53 Å². The highest BCUT2D eigenvalue weighted by molar-refractivity contribution is 8.00. The van der Waals surface area contributed by atoms with Crippen molar-refractivity contribution in [3.63, 3.8) is 0 Å². The highest BCUT2D eigenvalue weighted by Gasteiger charge is 2.08. The smallest absolute Gasteiger partial charge is 0.328 e. The van der Waals surface area contributed by atoms with Crippen LogP contribution in [0.15, 0.2) is 0 Å². The first-order valence-corrected chi connectivity index (χ1v) is 3.94. The van der Waals surface area contributed by atoms with Crippen molar-refractivity contribution in [1.82, 2.24) is 0 Å². The summed E-state index contributed by atoms with van der Waals surface area (Å²) in [6, 6.07) is 0. The van der Waals surface area contributed by atoms with Gasteiger partial charge in [0.15, 0.2) is 0 Å². The van der Waals surface area contributed by atoms with Crippen molar-refractivity contribution >= 4 is 31.2 Å². The maximum absolute atomic E-state index is 10.6. The first kappa shape index (κ1) is 10.1. The number of esters is 1. The minimum atomic E-state index is -0.641. The average molecular weight is 181 g/mol. The van der Waals surface area contributed by atoms with Gasteiger partial charge in [-0.15, -0.1) is 0 Å². The van der Waals surface area contributed by atoms with Crippen LogP contribution in [0.2, 0.25) is 0 Å². The summed E-state index contributed by atoms with van der Waals surface area (Å²) in [5, 5.41) is 0. The first-order valence-electron chi connectivity index (χ1n) is 2.91. The lowest BCUT2D eigenvalue weighted by molar-refractivity contribution is -0.141. The normalized spacial score (nSPS) is 10.0. The monoisotopic (exact) mass is 181 g/mol. The lowest BCUT2D eigenvalue weighted by Crippen LogP contribution is -2.15. The molecule has 0 saturated heterocycles. The molecule has 0 aromatic rings. The molecule has 0 fully saturated rings. The zero-order valence-corrected chi connectivity index (χ0v) is 7.28. The van der Waals surface area contributed by atoms with E-state index < -0.39 is 10.6 Å². The van der Waals surface area contributed by atoms with Gasteiger partial charge < -0.3 is 10.5 Å². The standard InChI is InChI=1S/C5H11NO2S2/c6-2-1-3-8-4(7)5(9)10/h5,9-10H,1-3,6H2. The van der Waals surface area contributed by atoms with Gasteiger partial charge >= 0.3 is 5.97 Å². The summed E-state index contributed by atoms with van der Waals surface area (Å²) in [4.78, 5) is 10.6. The molecule has 0 radical (unpaired) electrons. The summed E-state index contributed by atoms with van der Waals surface area (Å²) < 4.78 is 4.03. The Morgan fingerprint density at radius 3 is 2.60 bits per heavy atom. The second-order valence-electron chi connectivity index (χ2n) is 1.68. The molecular weight excluding hydrogens is 170 g/mol. The molecule has 2 N–H and O–H groups in total. The number of nitrogens with two attached hydrogens (primary N) is 1. The van der Waals surface area contributed by atoms with E-state index >= 15 is 0 Å². The zero-order chi connectivity index (χ0) is 7.98. The molecule has 5 heteroatoms. The lowest BCUT2D eigenvalue weighted by Gasteiger charge is -2.03. The number of carbonyl (C=O) groups is 1. The molecule has 0 aliphatic rings. The quantitative estimate of drug-likeness (QED) is 0.249. The van der Waals surface area contributed by atoms with Gasteiger partial charge in [0.25, 0.3) is 0 Å². The predicted molar refractivity (Wildman–Crippen MR) is 46.4 cm³/mol. The van der Waals surface area contributed by atoms with Crippen molar-refractivity contribution in [1.29, 1.82) is 0 Å². The fraction of sp³-hybridized carbons (Fsp3) is 0.800. The van der Waals surface area contributed by atoms with Gasteiger partial charge in [0.1, 0.15) is 4.58 Å². The summed E-state index contributed by atoms with van der Waals surface area (Å²) in [7, 11) is 0. The highest BCUT2D eigenvalue weighted by atomic mass is 32.2. The van der Waals surface area contributed by atoms with Gasteiger partial charge in [-0.05, 0) is 13.0 Å². The number of ether oxygens (including phenoxy) is 1. The number of carbonyl (C=O) groups excluding carboxylic acids is 1. The van der Waals surface area contributed by atoms with E-state index in [0.29, 0.717) is 19.6 Å². The van der Waals surface area contributed by atoms with Crippen LogP contribution in [0.3, 0.4) is 0 Å². The highest BCUT2D eigenvalue weighted by Crippen LogP contribution is 2.01. The van der Waals surface area contributed by atoms with E-state index in [0.717, 1.165) is 0 Å². The van der Waals surface area contributed by atoms with Crippen LogP contribution in [-0.4, -0.2) is 23.7 Å². The van der Waals surface area contributed by atoms with E-state index in [1.54, 1.807) is 0 Å². The van der Waals surface area contributed by atoms with E-state index in [4.69, 9.17) is 5.73 Å². The van der Waals surface area contributed by atoms with Gasteiger partial charge in [-0.2, -0.15) is 25.3 Å². The number of rotatable bonds is 4. The topological polar surface area (TPSA) is 52.3 Å². The fourth-order valence-electron chi connectivity index (χ4n) is 0.331. The predicted octanol–water partition coefficient (Wildman–Crippen LogP) is 0.0641. The summed E-state index contributed by atoms with van der Waals surface area (Å²) in [6.45, 7) is 0.879. The number of hydrogen-bond acceptors (Lipinski definition) is 5. The average Bonchev–Trinajstić information content (AvgIpc) is 1.88. The Labute approximate surface area is 71.1 Å². The molecule has 0 aromatic heterocycles. The molecular formula is C5H11NO2S2. The molecule has 0 aromatic carbocycles. The van der Waals surface area contributed by atoms with Crippen LogP contribution in [0.4, 0.5) is 0 Å². The Hall–Kier alpha value is 0.130. The number of thiol groups is 2. The second-order valence-corrected chi connectivity index (χ2v) is 3.12. The molecule has 0 spiro atoms. The van der Waals surface area contributed by atoms with Crippen molar-refractivity contribution in [3.8, 4) is 0 Å². The van der Waals surface area contributed by atoms with E-state index in [9.17, 15) is 4.79 Å². The molecule has 0 aliphatic heterocycles. The minimum Gasteiger partial charge on any atom is -0.464 e. The Morgan fingerprint density at radius 2 is 2.20 bits per heavy atom. The van der Waals surface area contributed by atoms with Crippen molar-refractivity contribution < 1.29 is 9.53 Å². The van der Waals surface area contributed by atoms with Crippen molar-refractivity contribution in [2.24, 2.45) is 5.73 Å². The van der Waals surface area contributed by atoms with Gasteiger partial charge in [-0.3, -0.25) is 0 Å². The Balaban J connectivity index is 3.22. The Bertz CT molecular complexity index is 108. The van der Waals surface area contributed by atoms with Gasteiger partial charge in [0.05, 0.1) is 6.61 Å². The summed E-state index contributed by atoms with van der Waals surface area (Å²) in [6.07, 6.45) is 0.681. The van der Waals surface area contributed by atoms with Gasteiger partial charge in [0.2, 0.25) is 0 Å². The summed E-state index contributed by atoms with van der Waals surface area (Å²) >= 11 is 7.51. The third-order valence-electron chi connectivity index (χ3n) is 0.804. The maximum Gasteiger partial charge on any atom is 0.328 e. The van der Waals surface area contributed by atoms with Crippen molar-refractivity contribution in [3.05, 3.63) is 0 Å². The van der Waals surface area contributed by atoms with Gasteiger partial charge in [-0.25, -0.2) is 4.79 Å². The molecule has 10 heavy (non-hydrogen) atoms. The maximum atomic E-state index is 10.6. The van der Waals surface area contributed by atoms with E-state index in [-0.39, 0.29) is 0 Å². The van der Waals surface area contributed by atoms with Crippen molar-refractivity contribution in [2.75, 3.05) is 13.2 Å². The third-order valence-corrected chi connectivity index (χ3v) is 1.23. The molecule has 3 nitrogen and oxygen atoms in total. The van der Waals surface area contributed by atoms with Crippen molar-refractivity contribution in [2.45, 2.75) is 11.0 Å². The van der Waals surface area contributed by atoms with Crippen LogP contribution in [0.1, 0.15) is 6.42 Å². The second kappa shape index (κ2) is 5.88. The Morgan fingerprint density at radius 1 is 1.60 bits per heavy atom. The molecule has 0 saturated carbocycles. The molecule has 60 valence electrons. The molecule has 0 atom stereocenters. The minimum absolute atomic E-state index is 0.354. The molecule has 0 unspecified atom stereocenters. The van der Waals surface area contributed by atoms with Crippen LogP contribution < -0.4 is 5.73 Å². The lowest BCUT2D eigenvalue weighted by atomic mass is 10.5. The molecule has 0 bridgehead atoms. The fourth-order valence-corrected chi connectivity index (χ4v) is 0.480. The molecule has 0 aliphatic carbocycles. The molecule has 0 rings (SSSR count). The van der Waals surface area contributed by atoms with E-state index in [1.165, 1.54) is 0 Å². The number of hydrogen-bond donors (Lipinski definition) is 3. The summed E-state index contributed by atoms with van der Waals surface area (Å²) in [5.74, 6) is -0.417. The summed E-state index contributed by atoms with van der Waals surface area (Å²) in [5.41, 5.74) is 5.16. The first-order chi connectivity index (χ1) is 4.68. The third kappa shape index (κ3) is 4.96. The van der Waals surface area contributed by atoms with E-state index in [2.05, 4.69) is 30.0 Å². The molecule has 0 amide bonds. The zero-order valence-electron chi connectivity index (χ0n) is 5.49. The van der Waals surface area contributed by atoms with Crippen LogP contribution >= 0.6 is 25.3 Å². The van der Waals surface area contributed by atoms with Crippen LogP contribution in [0.5, 0.6) is 0 Å². The molecule has 0 heterocycles. The van der Waals surface area contributed by atoms with Crippen LogP contribution in [0.25, 0.3) is 0 Å². The van der Waals surface area contributed by atoms with Gasteiger partial charge in [-0.1, -0.05) is 0 Å². The van der Waals surface area contributed by atoms with Gasteiger partial charge in [0, 0.05) is 0 Å².